The van der Waals surface area contributed by atoms with Gasteiger partial charge in [0.15, 0.2) is 37.4 Å². The molecule has 9 N–H and O–H groups in total. The van der Waals surface area contributed by atoms with Crippen molar-refractivity contribution in [3.05, 3.63) is 215 Å². The predicted octanol–water partition coefficient (Wildman–Crippen LogP) is 4.66. The minimum atomic E-state index is -1.89. The number of benzene rings is 6. The maximum atomic E-state index is 14.2. The van der Waals surface area contributed by atoms with Crippen molar-refractivity contribution in [3.8, 4) is 0 Å². The van der Waals surface area contributed by atoms with Crippen LogP contribution in [0.2, 0.25) is 0 Å². The highest BCUT2D eigenvalue weighted by Crippen LogP contribution is 2.42. The Labute approximate surface area is 562 Å². The van der Waals surface area contributed by atoms with Gasteiger partial charge in [0.2, 0.25) is 0 Å². The molecule has 2 unspecified atom stereocenters. The quantitative estimate of drug-likeness (QED) is 0.0511. The van der Waals surface area contributed by atoms with E-state index in [0.717, 1.165) is 0 Å². The minimum absolute atomic E-state index is 0.00507. The van der Waals surface area contributed by atoms with Gasteiger partial charge >= 0.3 is 30.5 Å². The number of ether oxygens (including phenoxy) is 13. The normalized spacial score (nSPS) is 32.5. The Morgan fingerprint density at radius 1 is 0.480 bits per heavy atom. The third kappa shape index (κ3) is 15.4. The van der Waals surface area contributed by atoms with Crippen LogP contribution >= 0.6 is 0 Å². The van der Waals surface area contributed by atoms with Crippen molar-refractivity contribution in [2.24, 2.45) is 5.73 Å². The highest BCUT2D eigenvalue weighted by molar-refractivity contribution is 5.71. The lowest BCUT2D eigenvalue weighted by Crippen LogP contribution is -2.71. The molecule has 5 amide bonds. The Morgan fingerprint density at radius 2 is 0.867 bits per heavy atom. The number of aliphatic hydroxyl groups is 4. The van der Waals surface area contributed by atoms with Gasteiger partial charge in [-0.2, -0.15) is 0 Å². The summed E-state index contributed by atoms with van der Waals surface area (Å²) in [5, 5.41) is 56.8. The highest BCUT2D eigenvalue weighted by atomic mass is 16.8. The summed E-state index contributed by atoms with van der Waals surface area (Å²) in [5.74, 6) is 0. The molecule has 6 aromatic carbocycles. The summed E-state index contributed by atoms with van der Waals surface area (Å²) in [4.78, 5) is 72.0. The Kier molecular flexibility index (Phi) is 21.4. The summed E-state index contributed by atoms with van der Waals surface area (Å²) in [6.45, 7) is -1.86. The fourth-order valence-corrected chi connectivity index (χ4v) is 13.3. The van der Waals surface area contributed by atoms with Gasteiger partial charge < -0.3 is 104 Å². The van der Waals surface area contributed by atoms with Crippen molar-refractivity contribution in [2.75, 3.05) is 19.7 Å². The second-order valence-corrected chi connectivity index (χ2v) is 24.7. The Bertz CT molecular complexity index is 3620. The van der Waals surface area contributed by atoms with Crippen LogP contribution < -0.4 is 21.7 Å². The zero-order chi connectivity index (χ0) is 67.8. The van der Waals surface area contributed by atoms with Crippen molar-refractivity contribution < 1.29 is 106 Å². The van der Waals surface area contributed by atoms with Crippen LogP contribution in [-0.2, 0) is 88.0 Å². The van der Waals surface area contributed by atoms with E-state index in [1.165, 1.54) is 9.80 Å². The predicted molar refractivity (Wildman–Crippen MR) is 337 cm³/mol. The SMILES string of the molecule is N[C@H]1C[C@H]2NC(=O)O[C@@H]2[C@@H](O[C@@H]2O[C@H](CO)[C@@H](O[C@H]3O[C@H]4CN(C(=O)OCc5ccccc5)C(c5ccccc5)O[C@H]4[C@H](O)[C@H]3NC(=O)OCc3ccccc3)[C@H]2O)[C@@H]1O[C@H]1O[C@@H]2CN(C(=O)OCc3ccccc3)C(c3ccccc3)O[C@H]2[C@H](O)[C@H]1NC(=O)OCc1ccccc1. The maximum absolute atomic E-state index is 14.2. The standard InChI is InChI=1S/C70H76N6O22/c71-45-31-46-56(98-68(83)72-46)60(55(45)95-63-50(73-66(81)86-35-39-19-7-1-8-20-39)52(78)57-47(90-63)32-75(61(93-57)43-27-15-5-16-28-43)69(84)88-37-41-23-11-3-12-24-41)97-65-54(80)59(49(34-77)92-65)96-64-51(74-67(82)87-36-40-21-9-2-10-22-40)53(79)58-48(91-64)33-76(62(94-58)44-29-17-6-18-30-44)70(85)89-38-42-25-13-4-14-26-42/h1-30,45-65,77-80H,31-38,71H2,(H,72,83)(H,73,81)(H,74,82)/t45-,46+,47+,48-,49+,50+,51+,52+,53+,54+,55+,56-,57+,58+,59+,60-,61?,62?,63+,64+,65-/m0/s1. The summed E-state index contributed by atoms with van der Waals surface area (Å²) < 4.78 is 81.6. The van der Waals surface area contributed by atoms with Crippen LogP contribution in [0.5, 0.6) is 0 Å². The van der Waals surface area contributed by atoms with Gasteiger partial charge in [-0.1, -0.05) is 182 Å². The molecule has 28 heteroatoms. The number of amides is 5. The number of nitrogens with two attached hydrogens (primary N) is 1. The fraction of sp³-hybridized carbons (Fsp3) is 0.414. The fourth-order valence-electron chi connectivity index (χ4n) is 13.3. The molecule has 7 aliphatic rings. The second kappa shape index (κ2) is 30.9. The summed E-state index contributed by atoms with van der Waals surface area (Å²) in [5.41, 5.74) is 10.8. The molecule has 7 fully saturated rings. The lowest BCUT2D eigenvalue weighted by molar-refractivity contribution is -0.333. The van der Waals surface area contributed by atoms with E-state index in [2.05, 4.69) is 16.0 Å². The lowest BCUT2D eigenvalue weighted by atomic mass is 9.84. The molecule has 518 valence electrons. The number of alkyl carbamates (subject to hydrolysis) is 3. The number of hydrogen-bond donors (Lipinski definition) is 8. The first kappa shape index (κ1) is 67.7. The molecule has 6 heterocycles. The molecule has 28 nitrogen and oxygen atoms in total. The third-order valence-corrected chi connectivity index (χ3v) is 18.2. The summed E-state index contributed by atoms with van der Waals surface area (Å²) in [6.07, 6.45) is -29.3. The van der Waals surface area contributed by atoms with Crippen molar-refractivity contribution in [3.63, 3.8) is 0 Å². The number of carbonyl (C=O) groups excluding carboxylic acids is 5. The zero-order valence-corrected chi connectivity index (χ0v) is 52.7. The number of hydrogen-bond acceptors (Lipinski definition) is 23. The van der Waals surface area contributed by atoms with E-state index in [1.54, 1.807) is 158 Å². The number of rotatable bonds is 19. The van der Waals surface area contributed by atoms with E-state index in [1.807, 2.05) is 24.3 Å². The maximum Gasteiger partial charge on any atom is 0.412 e. The van der Waals surface area contributed by atoms with Gasteiger partial charge in [0.1, 0.15) is 106 Å². The van der Waals surface area contributed by atoms with Gasteiger partial charge in [-0.3, -0.25) is 9.80 Å². The smallest absolute Gasteiger partial charge is 0.412 e. The molecule has 0 spiro atoms. The van der Waals surface area contributed by atoms with E-state index in [9.17, 15) is 44.4 Å². The summed E-state index contributed by atoms with van der Waals surface area (Å²) in [6, 6.07) is 48.3. The topological polar surface area (TPSA) is 355 Å². The van der Waals surface area contributed by atoms with Crippen molar-refractivity contribution in [2.45, 2.75) is 162 Å². The van der Waals surface area contributed by atoms with Gasteiger partial charge in [-0.25, -0.2) is 24.0 Å². The van der Waals surface area contributed by atoms with Gasteiger partial charge in [-0.15, -0.1) is 0 Å². The van der Waals surface area contributed by atoms with Crippen molar-refractivity contribution >= 4 is 30.5 Å². The molecule has 1 aliphatic carbocycles. The second-order valence-electron chi connectivity index (χ2n) is 24.7. The van der Waals surface area contributed by atoms with Gasteiger partial charge in [-0.05, 0) is 28.7 Å². The molecule has 0 bridgehead atoms. The highest BCUT2D eigenvalue weighted by Gasteiger charge is 2.60. The Balaban J connectivity index is 0.771. The number of fused-ring (bicyclic) bond motifs is 3. The molecule has 0 aromatic heterocycles. The van der Waals surface area contributed by atoms with E-state index < -0.39 is 166 Å². The minimum Gasteiger partial charge on any atom is -0.445 e. The summed E-state index contributed by atoms with van der Waals surface area (Å²) in [7, 11) is 0. The first-order chi connectivity index (χ1) is 47.7. The van der Waals surface area contributed by atoms with Crippen LogP contribution in [0.3, 0.4) is 0 Å². The van der Waals surface area contributed by atoms with Crippen LogP contribution in [0, 0.1) is 0 Å². The van der Waals surface area contributed by atoms with Crippen molar-refractivity contribution in [1.29, 1.82) is 0 Å². The van der Waals surface area contributed by atoms with Crippen LogP contribution in [-0.4, -0.2) is 197 Å². The van der Waals surface area contributed by atoms with Gasteiger partial charge in [0.25, 0.3) is 0 Å². The van der Waals surface area contributed by atoms with E-state index in [4.69, 9.17) is 67.3 Å². The largest absolute Gasteiger partial charge is 0.445 e. The Hall–Kier alpha value is -8.85. The molecule has 6 aromatic rings. The average molecular weight is 1350 g/mol. The first-order valence-corrected chi connectivity index (χ1v) is 32.3. The molecular weight excluding hydrogens is 1280 g/mol. The molecule has 6 saturated heterocycles. The molecule has 0 radical (unpaired) electrons. The van der Waals surface area contributed by atoms with Crippen molar-refractivity contribution in [1.82, 2.24) is 25.8 Å². The van der Waals surface area contributed by atoms with E-state index in [-0.39, 0.29) is 45.9 Å². The number of nitrogens with zero attached hydrogens (tertiary/aromatic N) is 2. The van der Waals surface area contributed by atoms with E-state index in [0.29, 0.717) is 33.4 Å². The van der Waals surface area contributed by atoms with Crippen LogP contribution in [0.1, 0.15) is 52.3 Å². The monoisotopic (exact) mass is 1350 g/mol. The molecule has 6 aliphatic heterocycles. The first-order valence-electron chi connectivity index (χ1n) is 32.3. The zero-order valence-electron chi connectivity index (χ0n) is 52.7. The molecule has 98 heavy (non-hydrogen) atoms. The Morgan fingerprint density at radius 3 is 1.29 bits per heavy atom. The van der Waals surface area contributed by atoms with Crippen LogP contribution in [0.15, 0.2) is 182 Å². The van der Waals surface area contributed by atoms with Gasteiger partial charge in [0, 0.05) is 17.2 Å². The van der Waals surface area contributed by atoms with Gasteiger partial charge in [0.05, 0.1) is 25.7 Å². The van der Waals surface area contributed by atoms with Crippen LogP contribution in [0.4, 0.5) is 24.0 Å². The third-order valence-electron chi connectivity index (χ3n) is 18.2. The molecule has 21 atom stereocenters. The lowest BCUT2D eigenvalue weighted by Gasteiger charge is -2.52. The molecule has 13 rings (SSSR count). The average Bonchev–Trinajstić information content (AvgIpc) is 0.996. The number of aliphatic hydroxyl groups excluding tert-OH is 4. The molecule has 1 saturated carbocycles. The van der Waals surface area contributed by atoms with Crippen LogP contribution in [0.25, 0.3) is 0 Å². The number of carbonyl (C=O) groups is 5. The van der Waals surface area contributed by atoms with E-state index >= 15 is 0 Å². The molecular formula is C70H76N6O22. The summed E-state index contributed by atoms with van der Waals surface area (Å²) >= 11 is 0. The number of nitrogens with one attached hydrogen (secondary N) is 3.